The topological polar surface area (TPSA) is 38.3 Å². The van der Waals surface area contributed by atoms with Crippen LogP contribution in [0.25, 0.3) is 0 Å². The van der Waals surface area contributed by atoms with Gasteiger partial charge in [-0.05, 0) is 80.6 Å². The fourth-order valence-corrected chi connectivity index (χ4v) is 3.07. The maximum absolute atomic E-state index is 12.0. The number of hydrogen-bond donors (Lipinski definition) is 1. The Labute approximate surface area is 147 Å². The Morgan fingerprint density at radius 2 is 1.91 bits per heavy atom. The van der Waals surface area contributed by atoms with Gasteiger partial charge in [0.15, 0.2) is 6.61 Å². The quantitative estimate of drug-likeness (QED) is 0.722. The van der Waals surface area contributed by atoms with Crippen LogP contribution >= 0.6 is 31.9 Å². The summed E-state index contributed by atoms with van der Waals surface area (Å²) in [6.07, 6.45) is 0.959. The van der Waals surface area contributed by atoms with E-state index in [4.69, 9.17) is 4.74 Å². The summed E-state index contributed by atoms with van der Waals surface area (Å²) in [4.78, 5) is 12.0. The molecule has 0 fully saturated rings. The third-order valence-electron chi connectivity index (χ3n) is 3.16. The molecule has 0 aromatic heterocycles. The smallest absolute Gasteiger partial charge is 0.262 e. The third-order valence-corrected chi connectivity index (χ3v) is 4.44. The summed E-state index contributed by atoms with van der Waals surface area (Å²) in [5, 5.41) is 2.82. The second-order valence-electron chi connectivity index (χ2n) is 4.94. The molecule has 0 aliphatic rings. The lowest BCUT2D eigenvalue weighted by Crippen LogP contribution is -2.20. The number of nitrogens with one attached hydrogen (secondary N) is 1. The SMILES string of the molecule is CCc1ccc(OCC(=O)Nc2ccc(C)cc2Br)c(Br)c1. The van der Waals surface area contributed by atoms with E-state index in [-0.39, 0.29) is 12.5 Å². The number of halogens is 2. The van der Waals surface area contributed by atoms with E-state index < -0.39 is 0 Å². The summed E-state index contributed by atoms with van der Waals surface area (Å²) >= 11 is 6.90. The van der Waals surface area contributed by atoms with Gasteiger partial charge in [-0.2, -0.15) is 0 Å². The number of rotatable bonds is 5. The predicted molar refractivity (Wildman–Crippen MR) is 96.5 cm³/mol. The van der Waals surface area contributed by atoms with Crippen molar-refractivity contribution in [2.24, 2.45) is 0 Å². The van der Waals surface area contributed by atoms with Crippen LogP contribution in [0.5, 0.6) is 5.75 Å². The Bertz CT molecular complexity index is 686. The normalized spacial score (nSPS) is 10.4. The van der Waals surface area contributed by atoms with Crippen molar-refractivity contribution in [1.29, 1.82) is 0 Å². The molecule has 3 nitrogen and oxygen atoms in total. The van der Waals surface area contributed by atoms with Gasteiger partial charge >= 0.3 is 0 Å². The zero-order valence-corrected chi connectivity index (χ0v) is 15.6. The van der Waals surface area contributed by atoms with Gasteiger partial charge in [0.2, 0.25) is 0 Å². The van der Waals surface area contributed by atoms with E-state index >= 15 is 0 Å². The summed E-state index contributed by atoms with van der Waals surface area (Å²) in [6, 6.07) is 11.6. The molecule has 0 atom stereocenters. The average Bonchev–Trinajstić information content (AvgIpc) is 2.48. The summed E-state index contributed by atoms with van der Waals surface area (Å²) in [6.45, 7) is 4.05. The molecule has 2 aromatic carbocycles. The molecule has 0 aliphatic carbocycles. The largest absolute Gasteiger partial charge is 0.483 e. The predicted octanol–water partition coefficient (Wildman–Crippen LogP) is 5.10. The molecule has 0 spiro atoms. The Morgan fingerprint density at radius 1 is 1.14 bits per heavy atom. The van der Waals surface area contributed by atoms with Crippen LogP contribution in [0, 0.1) is 6.92 Å². The lowest BCUT2D eigenvalue weighted by molar-refractivity contribution is -0.118. The van der Waals surface area contributed by atoms with Crippen molar-refractivity contribution in [3.63, 3.8) is 0 Å². The molecule has 5 heteroatoms. The van der Waals surface area contributed by atoms with Crippen molar-refractivity contribution in [3.8, 4) is 5.75 Å². The number of anilines is 1. The highest BCUT2D eigenvalue weighted by atomic mass is 79.9. The Kier molecular flexibility index (Phi) is 6.03. The Balaban J connectivity index is 1.95. The van der Waals surface area contributed by atoms with Gasteiger partial charge in [0.05, 0.1) is 10.2 Å². The van der Waals surface area contributed by atoms with Crippen LogP contribution in [-0.2, 0) is 11.2 Å². The van der Waals surface area contributed by atoms with Crippen molar-refractivity contribution in [2.75, 3.05) is 11.9 Å². The number of aryl methyl sites for hydroxylation is 2. The summed E-state index contributed by atoms with van der Waals surface area (Å²) < 4.78 is 7.27. The van der Waals surface area contributed by atoms with Crippen LogP contribution < -0.4 is 10.1 Å². The van der Waals surface area contributed by atoms with E-state index in [9.17, 15) is 4.79 Å². The minimum atomic E-state index is -0.198. The van der Waals surface area contributed by atoms with Crippen LogP contribution in [0.2, 0.25) is 0 Å². The van der Waals surface area contributed by atoms with Gasteiger partial charge in [0, 0.05) is 4.47 Å². The molecule has 0 heterocycles. The van der Waals surface area contributed by atoms with Gasteiger partial charge in [0.1, 0.15) is 5.75 Å². The Morgan fingerprint density at radius 3 is 2.55 bits per heavy atom. The lowest BCUT2D eigenvalue weighted by atomic mass is 10.2. The minimum absolute atomic E-state index is 0.0373. The van der Waals surface area contributed by atoms with E-state index in [1.165, 1.54) is 5.56 Å². The summed E-state index contributed by atoms with van der Waals surface area (Å²) in [7, 11) is 0. The van der Waals surface area contributed by atoms with Crippen LogP contribution in [0.1, 0.15) is 18.1 Å². The molecule has 0 saturated heterocycles. The van der Waals surface area contributed by atoms with Crippen molar-refractivity contribution >= 4 is 43.5 Å². The highest BCUT2D eigenvalue weighted by molar-refractivity contribution is 9.11. The van der Waals surface area contributed by atoms with Gasteiger partial charge < -0.3 is 10.1 Å². The van der Waals surface area contributed by atoms with E-state index in [0.717, 1.165) is 26.6 Å². The first-order valence-electron chi connectivity index (χ1n) is 6.97. The number of benzene rings is 2. The first-order valence-corrected chi connectivity index (χ1v) is 8.55. The van der Waals surface area contributed by atoms with Crippen molar-refractivity contribution in [2.45, 2.75) is 20.3 Å². The van der Waals surface area contributed by atoms with Gasteiger partial charge in [-0.3, -0.25) is 4.79 Å². The molecule has 0 saturated carbocycles. The van der Waals surface area contributed by atoms with Crippen LogP contribution in [-0.4, -0.2) is 12.5 Å². The monoisotopic (exact) mass is 425 g/mol. The molecule has 0 unspecified atom stereocenters. The highest BCUT2D eigenvalue weighted by Crippen LogP contribution is 2.26. The van der Waals surface area contributed by atoms with Crippen LogP contribution in [0.4, 0.5) is 5.69 Å². The van der Waals surface area contributed by atoms with E-state index in [1.807, 2.05) is 43.3 Å². The Hall–Kier alpha value is -1.33. The first kappa shape index (κ1) is 17.0. The molecular weight excluding hydrogens is 410 g/mol. The molecule has 1 amide bonds. The number of carbonyl (C=O) groups is 1. The molecule has 22 heavy (non-hydrogen) atoms. The van der Waals surface area contributed by atoms with Gasteiger partial charge in [-0.1, -0.05) is 19.1 Å². The van der Waals surface area contributed by atoms with Gasteiger partial charge in [-0.15, -0.1) is 0 Å². The van der Waals surface area contributed by atoms with Crippen molar-refractivity contribution in [3.05, 3.63) is 56.5 Å². The lowest BCUT2D eigenvalue weighted by Gasteiger charge is -2.11. The number of amides is 1. The minimum Gasteiger partial charge on any atom is -0.483 e. The first-order chi connectivity index (χ1) is 10.5. The molecule has 116 valence electrons. The molecule has 0 radical (unpaired) electrons. The molecule has 0 bridgehead atoms. The van der Waals surface area contributed by atoms with Crippen molar-refractivity contribution < 1.29 is 9.53 Å². The summed E-state index contributed by atoms with van der Waals surface area (Å²) in [5.74, 6) is 0.464. The second kappa shape index (κ2) is 7.79. The molecule has 0 aliphatic heterocycles. The summed E-state index contributed by atoms with van der Waals surface area (Å²) in [5.41, 5.74) is 3.08. The maximum atomic E-state index is 12.0. The van der Waals surface area contributed by atoms with E-state index in [1.54, 1.807) is 0 Å². The maximum Gasteiger partial charge on any atom is 0.262 e. The number of carbonyl (C=O) groups excluding carboxylic acids is 1. The third kappa shape index (κ3) is 4.58. The molecular formula is C17H17Br2NO2. The molecule has 1 N–H and O–H groups in total. The van der Waals surface area contributed by atoms with E-state index in [2.05, 4.69) is 44.1 Å². The standard InChI is InChI=1S/C17H17Br2NO2/c1-3-12-5-7-16(14(19)9-12)22-10-17(21)20-15-6-4-11(2)8-13(15)18/h4-9H,3,10H2,1-2H3,(H,20,21). The van der Waals surface area contributed by atoms with Gasteiger partial charge in [0.25, 0.3) is 5.91 Å². The zero-order valence-electron chi connectivity index (χ0n) is 12.5. The highest BCUT2D eigenvalue weighted by Gasteiger charge is 2.08. The molecule has 2 aromatic rings. The second-order valence-corrected chi connectivity index (χ2v) is 6.65. The van der Waals surface area contributed by atoms with Crippen LogP contribution in [0.3, 0.4) is 0 Å². The van der Waals surface area contributed by atoms with E-state index in [0.29, 0.717) is 5.75 Å². The number of hydrogen-bond acceptors (Lipinski definition) is 2. The number of ether oxygens (including phenoxy) is 1. The zero-order chi connectivity index (χ0) is 16.1. The van der Waals surface area contributed by atoms with Crippen LogP contribution in [0.15, 0.2) is 45.3 Å². The van der Waals surface area contributed by atoms with Crippen molar-refractivity contribution in [1.82, 2.24) is 0 Å². The fraction of sp³-hybridized carbons (Fsp3) is 0.235. The average molecular weight is 427 g/mol. The molecule has 2 rings (SSSR count). The fourth-order valence-electron chi connectivity index (χ4n) is 1.93. The van der Waals surface area contributed by atoms with Gasteiger partial charge in [-0.25, -0.2) is 0 Å².